The van der Waals surface area contributed by atoms with E-state index in [0.717, 1.165) is 17.0 Å². The van der Waals surface area contributed by atoms with Crippen LogP contribution in [0, 0.1) is 5.92 Å². The van der Waals surface area contributed by atoms with Gasteiger partial charge in [0, 0.05) is 30.4 Å². The Hall–Kier alpha value is -2.51. The number of nitrogens with zero attached hydrogens (tertiary/aromatic N) is 2. The zero-order chi connectivity index (χ0) is 20.9. The molecule has 3 atom stereocenters. The molecule has 29 heavy (non-hydrogen) atoms. The van der Waals surface area contributed by atoms with Crippen molar-refractivity contribution < 1.29 is 14.3 Å². The summed E-state index contributed by atoms with van der Waals surface area (Å²) in [5, 5.41) is 4.42. The maximum atomic E-state index is 13.3. The van der Waals surface area contributed by atoms with E-state index in [4.69, 9.17) is 33.3 Å². The second kappa shape index (κ2) is 7.07. The van der Waals surface area contributed by atoms with E-state index >= 15 is 0 Å². The van der Waals surface area contributed by atoms with E-state index in [9.17, 15) is 4.79 Å². The van der Waals surface area contributed by atoms with Crippen LogP contribution in [0.1, 0.15) is 18.5 Å². The summed E-state index contributed by atoms with van der Waals surface area (Å²) in [4.78, 5) is 16.7. The Morgan fingerprint density at radius 3 is 2.59 bits per heavy atom. The normalized spacial score (nSPS) is 24.9. The first-order chi connectivity index (χ1) is 13.8. The molecule has 2 heterocycles. The molecule has 0 spiro atoms. The fourth-order valence-corrected chi connectivity index (χ4v) is 4.72. The Bertz CT molecular complexity index is 982. The quantitative estimate of drug-likeness (QED) is 0.749. The van der Waals surface area contributed by atoms with Gasteiger partial charge in [-0.25, -0.2) is 0 Å². The van der Waals surface area contributed by atoms with Crippen molar-refractivity contribution >= 4 is 40.5 Å². The molecule has 6 nitrogen and oxygen atoms in total. The molecule has 2 aromatic carbocycles. The number of benzene rings is 2. The zero-order valence-electron chi connectivity index (χ0n) is 16.6. The highest BCUT2D eigenvalue weighted by Gasteiger charge is 2.59. The summed E-state index contributed by atoms with van der Waals surface area (Å²) < 4.78 is 11.8. The lowest BCUT2D eigenvalue weighted by Gasteiger charge is -2.56. The first-order valence-electron chi connectivity index (χ1n) is 9.20. The van der Waals surface area contributed by atoms with Crippen LogP contribution in [0.3, 0.4) is 0 Å². The molecule has 1 amide bonds. The van der Waals surface area contributed by atoms with Crippen molar-refractivity contribution in [2.24, 2.45) is 5.92 Å². The van der Waals surface area contributed by atoms with Crippen LogP contribution in [0.4, 0.5) is 5.69 Å². The predicted molar refractivity (Wildman–Crippen MR) is 117 cm³/mol. The van der Waals surface area contributed by atoms with E-state index < -0.39 is 11.6 Å². The lowest BCUT2D eigenvalue weighted by Crippen LogP contribution is -2.72. The highest BCUT2D eigenvalue weighted by Crippen LogP contribution is 2.50. The molecule has 152 valence electrons. The number of hydrogen-bond donors (Lipinski definition) is 1. The molecule has 8 heteroatoms. The summed E-state index contributed by atoms with van der Waals surface area (Å²) >= 11 is 11.9. The Labute approximate surface area is 180 Å². The van der Waals surface area contributed by atoms with Gasteiger partial charge in [-0.1, -0.05) is 11.6 Å². The molecule has 2 aromatic rings. The molecule has 0 radical (unpaired) electrons. The summed E-state index contributed by atoms with van der Waals surface area (Å²) in [5.74, 6) is 0.810. The van der Waals surface area contributed by atoms with Gasteiger partial charge in [0.25, 0.3) is 0 Å². The van der Waals surface area contributed by atoms with Gasteiger partial charge in [0.15, 0.2) is 10.8 Å². The molecular formula is C21H22ClN3O3S. The van der Waals surface area contributed by atoms with Gasteiger partial charge in [-0.2, -0.15) is 0 Å². The van der Waals surface area contributed by atoms with Gasteiger partial charge in [-0.05, 0) is 61.6 Å². The highest BCUT2D eigenvalue weighted by atomic mass is 35.5. The highest BCUT2D eigenvalue weighted by molar-refractivity contribution is 7.80. The van der Waals surface area contributed by atoms with E-state index in [1.54, 1.807) is 32.2 Å². The molecule has 2 aliphatic heterocycles. The monoisotopic (exact) mass is 431 g/mol. The number of nitrogens with one attached hydrogen (secondary N) is 1. The summed E-state index contributed by atoms with van der Waals surface area (Å²) in [6.07, 6.45) is 0. The van der Waals surface area contributed by atoms with Gasteiger partial charge in [0.05, 0.1) is 13.2 Å². The molecule has 0 aliphatic carbocycles. The smallest absolute Gasteiger partial charge is 0.233 e. The number of amides is 1. The standard InChI is InChI=1S/C21H22ClN3O3S/c1-21-17(19(26)24(2)3)18(15-11-12(22)5-10-16(15)28-21)23-20(29)25(21)13-6-8-14(27-4)9-7-13/h5-11,17-18H,1-4H3,(H,23,29)/t17-,18-,21-/m0/s1. The van der Waals surface area contributed by atoms with Gasteiger partial charge in [-0.3, -0.25) is 9.69 Å². The van der Waals surface area contributed by atoms with Crippen LogP contribution in [0.2, 0.25) is 5.02 Å². The van der Waals surface area contributed by atoms with E-state index in [0.29, 0.717) is 15.9 Å². The predicted octanol–water partition coefficient (Wildman–Crippen LogP) is 3.60. The molecule has 1 fully saturated rings. The minimum Gasteiger partial charge on any atom is -0.497 e. The third-order valence-electron chi connectivity index (χ3n) is 5.50. The van der Waals surface area contributed by atoms with Crippen LogP contribution in [0.25, 0.3) is 0 Å². The third kappa shape index (κ3) is 3.09. The van der Waals surface area contributed by atoms with Crippen molar-refractivity contribution in [3.05, 3.63) is 53.1 Å². The van der Waals surface area contributed by atoms with Crippen LogP contribution in [-0.4, -0.2) is 42.8 Å². The largest absolute Gasteiger partial charge is 0.497 e. The van der Waals surface area contributed by atoms with Gasteiger partial charge < -0.3 is 19.7 Å². The van der Waals surface area contributed by atoms with E-state index in [2.05, 4.69) is 5.32 Å². The van der Waals surface area contributed by atoms with Gasteiger partial charge in [0.1, 0.15) is 17.4 Å². The maximum Gasteiger partial charge on any atom is 0.233 e. The fourth-order valence-electron chi connectivity index (χ4n) is 4.13. The number of methoxy groups -OCH3 is 1. The van der Waals surface area contributed by atoms with E-state index in [1.807, 2.05) is 48.2 Å². The van der Waals surface area contributed by atoms with Crippen LogP contribution >= 0.6 is 23.8 Å². The van der Waals surface area contributed by atoms with E-state index in [1.165, 1.54) is 0 Å². The lowest BCUT2D eigenvalue weighted by molar-refractivity contribution is -0.144. The van der Waals surface area contributed by atoms with Gasteiger partial charge >= 0.3 is 0 Å². The Kier molecular flexibility index (Phi) is 4.83. The van der Waals surface area contributed by atoms with Crippen LogP contribution in [0.15, 0.2) is 42.5 Å². The summed E-state index contributed by atoms with van der Waals surface area (Å²) in [6, 6.07) is 12.6. The number of halogens is 1. The Morgan fingerprint density at radius 1 is 1.28 bits per heavy atom. The van der Waals surface area contributed by atoms with Crippen molar-refractivity contribution in [1.82, 2.24) is 10.2 Å². The molecule has 0 aromatic heterocycles. The second-order valence-corrected chi connectivity index (χ2v) is 8.33. The van der Waals surface area contributed by atoms with Crippen molar-refractivity contribution in [3.8, 4) is 11.5 Å². The number of ether oxygens (including phenoxy) is 2. The van der Waals surface area contributed by atoms with E-state index in [-0.39, 0.29) is 11.9 Å². The summed E-state index contributed by atoms with van der Waals surface area (Å²) in [7, 11) is 5.10. The Morgan fingerprint density at radius 2 is 1.97 bits per heavy atom. The fraction of sp³-hybridized carbons (Fsp3) is 0.333. The summed E-state index contributed by atoms with van der Waals surface area (Å²) in [5.41, 5.74) is 0.606. The number of anilines is 1. The minimum atomic E-state index is -1.02. The number of thiocarbonyl (C=S) groups is 1. The topological polar surface area (TPSA) is 54.0 Å². The van der Waals surface area contributed by atoms with Crippen molar-refractivity contribution in [1.29, 1.82) is 0 Å². The number of fused-ring (bicyclic) bond motifs is 4. The number of hydrogen-bond acceptors (Lipinski definition) is 4. The average Bonchev–Trinajstić information content (AvgIpc) is 2.68. The number of rotatable bonds is 3. The van der Waals surface area contributed by atoms with Crippen molar-refractivity contribution in [3.63, 3.8) is 0 Å². The van der Waals surface area contributed by atoms with Crippen molar-refractivity contribution in [2.45, 2.75) is 18.7 Å². The minimum absolute atomic E-state index is 0.0587. The molecule has 1 saturated heterocycles. The first-order valence-corrected chi connectivity index (χ1v) is 9.99. The van der Waals surface area contributed by atoms with Gasteiger partial charge in [-0.15, -0.1) is 0 Å². The molecular weight excluding hydrogens is 410 g/mol. The third-order valence-corrected chi connectivity index (χ3v) is 6.03. The summed E-state index contributed by atoms with van der Waals surface area (Å²) in [6.45, 7) is 1.90. The Balaban J connectivity index is 1.89. The molecule has 0 saturated carbocycles. The SMILES string of the molecule is COc1ccc(N2C(=S)N[C@H]3c4cc(Cl)ccc4O[C@@]2(C)[C@@H]3C(=O)N(C)C)cc1. The van der Waals surface area contributed by atoms with Crippen LogP contribution in [-0.2, 0) is 4.79 Å². The number of carbonyl (C=O) groups excluding carboxylic acids is 1. The molecule has 2 aliphatic rings. The van der Waals surface area contributed by atoms with Crippen molar-refractivity contribution in [2.75, 3.05) is 26.1 Å². The zero-order valence-corrected chi connectivity index (χ0v) is 18.2. The lowest BCUT2D eigenvalue weighted by atomic mass is 9.78. The molecule has 4 rings (SSSR count). The number of carbonyl (C=O) groups is 1. The molecule has 0 unspecified atom stereocenters. The second-order valence-electron chi connectivity index (χ2n) is 7.51. The van der Waals surface area contributed by atoms with Crippen LogP contribution < -0.4 is 19.7 Å². The van der Waals surface area contributed by atoms with Crippen LogP contribution in [0.5, 0.6) is 11.5 Å². The molecule has 1 N–H and O–H groups in total. The molecule has 2 bridgehead atoms. The first kappa shape index (κ1) is 19.8. The average molecular weight is 432 g/mol. The maximum absolute atomic E-state index is 13.3. The van der Waals surface area contributed by atoms with Gasteiger partial charge in [0.2, 0.25) is 5.91 Å².